The third-order valence-electron chi connectivity index (χ3n) is 5.97. The van der Waals surface area contributed by atoms with Gasteiger partial charge in [-0.25, -0.2) is 0 Å². The number of likely N-dealkylation sites (N-methyl/N-ethyl adjacent to an activating group) is 1. The number of piperazine rings is 1. The van der Waals surface area contributed by atoms with Crippen molar-refractivity contribution in [2.24, 2.45) is 0 Å². The van der Waals surface area contributed by atoms with E-state index in [1.807, 2.05) is 29.4 Å². The molecule has 2 unspecified atom stereocenters. The zero-order valence-electron chi connectivity index (χ0n) is 18.2. The van der Waals surface area contributed by atoms with Gasteiger partial charge < -0.3 is 14.7 Å². The molecule has 0 spiro atoms. The minimum absolute atomic E-state index is 0.0298. The maximum absolute atomic E-state index is 13.0. The number of hydrogen-bond acceptors (Lipinski definition) is 5. The van der Waals surface area contributed by atoms with E-state index in [1.54, 1.807) is 37.1 Å². The van der Waals surface area contributed by atoms with Gasteiger partial charge in [-0.15, -0.1) is 0 Å². The minimum Gasteiger partial charge on any atom is -0.367 e. The van der Waals surface area contributed by atoms with Crippen molar-refractivity contribution >= 4 is 28.3 Å². The topological polar surface area (TPSA) is 74.6 Å². The Kier molecular flexibility index (Phi) is 5.88. The van der Waals surface area contributed by atoms with E-state index < -0.39 is 6.04 Å². The first-order chi connectivity index (χ1) is 15.0. The zero-order valence-corrected chi connectivity index (χ0v) is 18.2. The number of rotatable bonds is 5. The van der Waals surface area contributed by atoms with Crippen LogP contribution in [0.1, 0.15) is 19.9 Å². The van der Waals surface area contributed by atoms with Crippen molar-refractivity contribution < 1.29 is 9.59 Å². The van der Waals surface area contributed by atoms with Crippen LogP contribution in [-0.2, 0) is 9.59 Å². The normalized spacial score (nSPS) is 17.6. The van der Waals surface area contributed by atoms with Crippen LogP contribution in [0.2, 0.25) is 0 Å². The minimum atomic E-state index is -0.442. The summed E-state index contributed by atoms with van der Waals surface area (Å²) in [5.41, 5.74) is 1.17. The smallest absolute Gasteiger partial charge is 0.247 e. The molecule has 1 aliphatic heterocycles. The lowest BCUT2D eigenvalue weighted by Crippen LogP contribution is -2.56. The van der Waals surface area contributed by atoms with Gasteiger partial charge in [0.15, 0.2) is 0 Å². The number of aromatic nitrogens is 3. The van der Waals surface area contributed by atoms with Crippen LogP contribution in [0.25, 0.3) is 10.8 Å². The summed E-state index contributed by atoms with van der Waals surface area (Å²) in [5, 5.41) is 6.40. The molecular formula is C23H28N6O2. The summed E-state index contributed by atoms with van der Waals surface area (Å²) < 4.78 is 1.60. The van der Waals surface area contributed by atoms with E-state index in [0.29, 0.717) is 6.54 Å². The van der Waals surface area contributed by atoms with E-state index in [-0.39, 0.29) is 24.4 Å². The van der Waals surface area contributed by atoms with Crippen molar-refractivity contribution in [2.75, 3.05) is 38.1 Å². The van der Waals surface area contributed by atoms with Gasteiger partial charge in [0.05, 0.1) is 6.54 Å². The van der Waals surface area contributed by atoms with Crippen LogP contribution in [0.15, 0.2) is 55.1 Å². The second kappa shape index (κ2) is 8.75. The number of benzene rings is 1. The highest BCUT2D eigenvalue weighted by molar-refractivity contribution is 5.94. The summed E-state index contributed by atoms with van der Waals surface area (Å²) in [4.78, 5) is 35.6. The van der Waals surface area contributed by atoms with Crippen LogP contribution in [0, 0.1) is 0 Å². The van der Waals surface area contributed by atoms with Gasteiger partial charge in [-0.2, -0.15) is 5.10 Å². The maximum atomic E-state index is 13.0. The Morgan fingerprint density at radius 1 is 1.19 bits per heavy atom. The fourth-order valence-electron chi connectivity index (χ4n) is 4.24. The van der Waals surface area contributed by atoms with E-state index in [2.05, 4.69) is 34.0 Å². The van der Waals surface area contributed by atoms with E-state index in [9.17, 15) is 9.59 Å². The lowest BCUT2D eigenvalue weighted by atomic mass is 10.1. The fraction of sp³-hybridized carbons (Fsp3) is 0.391. The number of carbonyl (C=O) groups is 2. The SMILES string of the molecule is CC1CN(c2cccc3cnccc23)CCN1C(=O)CN(C)C(=O)C(C)n1cccn1. The molecule has 0 saturated carbocycles. The summed E-state index contributed by atoms with van der Waals surface area (Å²) in [6.07, 6.45) is 7.08. The van der Waals surface area contributed by atoms with Gasteiger partial charge in [-0.05, 0) is 32.0 Å². The van der Waals surface area contributed by atoms with Crippen LogP contribution in [-0.4, -0.2) is 75.6 Å². The maximum Gasteiger partial charge on any atom is 0.247 e. The fourth-order valence-corrected chi connectivity index (χ4v) is 4.24. The largest absolute Gasteiger partial charge is 0.367 e. The molecule has 0 radical (unpaired) electrons. The van der Waals surface area contributed by atoms with E-state index in [4.69, 9.17) is 0 Å². The van der Waals surface area contributed by atoms with Crippen molar-refractivity contribution in [1.29, 1.82) is 0 Å². The van der Waals surface area contributed by atoms with Crippen molar-refractivity contribution in [1.82, 2.24) is 24.6 Å². The molecule has 8 nitrogen and oxygen atoms in total. The summed E-state index contributed by atoms with van der Waals surface area (Å²) in [5.74, 6) is -0.162. The van der Waals surface area contributed by atoms with E-state index >= 15 is 0 Å². The van der Waals surface area contributed by atoms with Gasteiger partial charge in [0.1, 0.15) is 6.04 Å². The predicted molar refractivity (Wildman–Crippen MR) is 120 cm³/mol. The summed E-state index contributed by atoms with van der Waals surface area (Å²) in [7, 11) is 1.67. The van der Waals surface area contributed by atoms with Gasteiger partial charge >= 0.3 is 0 Å². The molecule has 1 saturated heterocycles. The van der Waals surface area contributed by atoms with Gasteiger partial charge in [0, 0.05) is 74.0 Å². The lowest BCUT2D eigenvalue weighted by molar-refractivity contribution is -0.142. The molecule has 0 N–H and O–H groups in total. The van der Waals surface area contributed by atoms with Crippen LogP contribution < -0.4 is 4.90 Å². The van der Waals surface area contributed by atoms with Gasteiger partial charge in [0.25, 0.3) is 0 Å². The summed E-state index contributed by atoms with van der Waals surface area (Å²) >= 11 is 0. The molecule has 4 rings (SSSR count). The van der Waals surface area contributed by atoms with Crippen LogP contribution >= 0.6 is 0 Å². The van der Waals surface area contributed by atoms with Crippen molar-refractivity contribution in [3.63, 3.8) is 0 Å². The van der Waals surface area contributed by atoms with Gasteiger partial charge in [-0.1, -0.05) is 12.1 Å². The van der Waals surface area contributed by atoms with Crippen LogP contribution in [0.5, 0.6) is 0 Å². The summed E-state index contributed by atoms with van der Waals surface area (Å²) in [6.45, 7) is 6.03. The first-order valence-corrected chi connectivity index (χ1v) is 10.6. The number of pyridine rings is 1. The Labute approximate surface area is 182 Å². The number of hydrogen-bond donors (Lipinski definition) is 0. The third kappa shape index (κ3) is 4.23. The Hall–Kier alpha value is -3.42. The lowest BCUT2D eigenvalue weighted by Gasteiger charge is -2.42. The molecule has 2 amide bonds. The Balaban J connectivity index is 1.39. The average Bonchev–Trinajstić information content (AvgIpc) is 3.32. The van der Waals surface area contributed by atoms with Gasteiger partial charge in [-0.3, -0.25) is 19.3 Å². The molecule has 31 heavy (non-hydrogen) atoms. The standard InChI is InChI=1S/C23H28N6O2/c1-17-15-27(21-7-4-6-19-14-24-10-8-20(19)21)12-13-28(17)22(30)16-26(3)23(31)18(2)29-11-5-9-25-29/h4-11,14,17-18H,12-13,15-16H2,1-3H3. The predicted octanol–water partition coefficient (Wildman–Crippen LogP) is 2.19. The number of amides is 2. The molecule has 1 aliphatic rings. The zero-order chi connectivity index (χ0) is 22.0. The van der Waals surface area contributed by atoms with Crippen LogP contribution in [0.4, 0.5) is 5.69 Å². The van der Waals surface area contributed by atoms with Crippen molar-refractivity contribution in [2.45, 2.75) is 25.9 Å². The second-order valence-electron chi connectivity index (χ2n) is 8.11. The molecule has 3 aromatic rings. The molecule has 2 atom stereocenters. The third-order valence-corrected chi connectivity index (χ3v) is 5.97. The quantitative estimate of drug-likeness (QED) is 0.633. The first-order valence-electron chi connectivity index (χ1n) is 10.6. The molecule has 8 heteroatoms. The second-order valence-corrected chi connectivity index (χ2v) is 8.11. The highest BCUT2D eigenvalue weighted by Gasteiger charge is 2.30. The number of anilines is 1. The molecule has 3 heterocycles. The molecule has 2 aromatic heterocycles. The van der Waals surface area contributed by atoms with E-state index in [0.717, 1.165) is 18.5 Å². The Morgan fingerprint density at radius 3 is 2.77 bits per heavy atom. The van der Waals surface area contributed by atoms with Gasteiger partial charge in [0.2, 0.25) is 11.8 Å². The van der Waals surface area contributed by atoms with Crippen molar-refractivity contribution in [3.8, 4) is 0 Å². The highest BCUT2D eigenvalue weighted by Crippen LogP contribution is 2.28. The van der Waals surface area contributed by atoms with Crippen LogP contribution in [0.3, 0.4) is 0 Å². The number of fused-ring (bicyclic) bond motifs is 1. The molecule has 1 fully saturated rings. The molecular weight excluding hydrogens is 392 g/mol. The monoisotopic (exact) mass is 420 g/mol. The molecule has 1 aromatic carbocycles. The first kappa shape index (κ1) is 20.8. The van der Waals surface area contributed by atoms with Crippen molar-refractivity contribution in [3.05, 3.63) is 55.1 Å². The highest BCUT2D eigenvalue weighted by atomic mass is 16.2. The Bertz CT molecular complexity index is 1060. The average molecular weight is 421 g/mol. The molecule has 0 aliphatic carbocycles. The molecule has 162 valence electrons. The molecule has 0 bridgehead atoms. The number of carbonyl (C=O) groups excluding carboxylic acids is 2. The Morgan fingerprint density at radius 2 is 2.03 bits per heavy atom. The van der Waals surface area contributed by atoms with E-state index in [1.165, 1.54) is 16.0 Å². The number of nitrogens with zero attached hydrogens (tertiary/aromatic N) is 6. The summed E-state index contributed by atoms with van der Waals surface area (Å²) in [6, 6.07) is 9.65.